The molecule has 11 heteroatoms. The van der Waals surface area contributed by atoms with Gasteiger partial charge in [0.05, 0.1) is 19.3 Å². The third kappa shape index (κ3) is 5.58. The minimum Gasteiger partial charge on any atom is -0.473 e. The second-order valence-electron chi connectivity index (χ2n) is 11.5. The summed E-state index contributed by atoms with van der Waals surface area (Å²) in [4.78, 5) is 35.4. The number of aliphatic hydroxyl groups is 1. The van der Waals surface area contributed by atoms with Gasteiger partial charge in [-0.3, -0.25) is 14.3 Å². The summed E-state index contributed by atoms with van der Waals surface area (Å²) in [6.07, 6.45) is 10.4. The number of carbonyl (C=O) groups excluding carboxylic acids is 2. The molecule has 1 atom stereocenters. The second kappa shape index (κ2) is 11.7. The maximum absolute atomic E-state index is 13.7. The molecule has 1 saturated carbocycles. The maximum Gasteiger partial charge on any atom is 0.274 e. The summed E-state index contributed by atoms with van der Waals surface area (Å²) in [5.74, 6) is 0.463. The van der Waals surface area contributed by atoms with Gasteiger partial charge in [-0.1, -0.05) is 11.6 Å². The lowest BCUT2D eigenvalue weighted by Crippen LogP contribution is -2.51. The van der Waals surface area contributed by atoms with Crippen LogP contribution in [0.25, 0.3) is 0 Å². The molecular formula is C29H38ClN5O5. The van der Waals surface area contributed by atoms with Gasteiger partial charge in [0.25, 0.3) is 5.91 Å². The Labute approximate surface area is 239 Å². The molecule has 10 nitrogen and oxygen atoms in total. The van der Waals surface area contributed by atoms with Crippen molar-refractivity contribution in [2.45, 2.75) is 88.5 Å². The first kappa shape index (κ1) is 27.5. The molecular weight excluding hydrogens is 534 g/mol. The summed E-state index contributed by atoms with van der Waals surface area (Å²) in [5, 5.41) is 14.3. The molecule has 2 aliphatic carbocycles. The van der Waals surface area contributed by atoms with Gasteiger partial charge in [0.1, 0.15) is 17.7 Å². The summed E-state index contributed by atoms with van der Waals surface area (Å²) >= 11 is 6.25. The van der Waals surface area contributed by atoms with Gasteiger partial charge < -0.3 is 24.4 Å². The van der Waals surface area contributed by atoms with Crippen LogP contribution in [0.3, 0.4) is 0 Å². The molecule has 1 unspecified atom stereocenters. The number of pyridine rings is 1. The van der Waals surface area contributed by atoms with Crippen LogP contribution in [0.15, 0.2) is 18.3 Å². The maximum atomic E-state index is 13.7. The average Bonchev–Trinajstić information content (AvgIpc) is 3.64. The van der Waals surface area contributed by atoms with Crippen molar-refractivity contribution >= 4 is 23.4 Å². The number of ether oxygens (including phenoxy) is 2. The largest absolute Gasteiger partial charge is 0.473 e. The number of likely N-dealkylation sites (tertiary alicyclic amines) is 2. The predicted molar refractivity (Wildman–Crippen MR) is 147 cm³/mol. The number of amides is 2. The summed E-state index contributed by atoms with van der Waals surface area (Å²) < 4.78 is 13.6. The first-order chi connectivity index (χ1) is 19.5. The van der Waals surface area contributed by atoms with E-state index in [0.717, 1.165) is 75.5 Å². The molecule has 2 saturated heterocycles. The molecule has 4 heterocycles. The Balaban J connectivity index is 1.12. The molecule has 0 radical (unpaired) electrons. The monoisotopic (exact) mass is 571 g/mol. The van der Waals surface area contributed by atoms with Gasteiger partial charge in [-0.05, 0) is 63.5 Å². The topological polar surface area (TPSA) is 110 Å². The summed E-state index contributed by atoms with van der Waals surface area (Å²) in [6, 6.07) is 3.55. The van der Waals surface area contributed by atoms with Crippen LogP contribution < -0.4 is 4.74 Å². The van der Waals surface area contributed by atoms with Crippen molar-refractivity contribution in [1.82, 2.24) is 24.6 Å². The Morgan fingerprint density at radius 2 is 1.88 bits per heavy atom. The van der Waals surface area contributed by atoms with E-state index in [1.807, 2.05) is 14.5 Å². The Kier molecular flexibility index (Phi) is 8.01. The van der Waals surface area contributed by atoms with Gasteiger partial charge in [-0.15, -0.1) is 0 Å². The quantitative estimate of drug-likeness (QED) is 0.518. The minimum atomic E-state index is -0.171. The fraction of sp³-hybridized carbons (Fsp3) is 0.655. The third-order valence-electron chi connectivity index (χ3n) is 8.90. The number of hydrogen-bond acceptors (Lipinski definition) is 7. The summed E-state index contributed by atoms with van der Waals surface area (Å²) in [6.45, 7) is 2.34. The molecule has 4 aliphatic rings. The van der Waals surface area contributed by atoms with Crippen molar-refractivity contribution < 1.29 is 24.2 Å². The van der Waals surface area contributed by atoms with Gasteiger partial charge in [0.15, 0.2) is 5.69 Å². The Bertz CT molecular complexity index is 1240. The number of hydrogen-bond donors (Lipinski definition) is 1. The van der Waals surface area contributed by atoms with E-state index in [2.05, 4.69) is 4.98 Å². The standard InChI is InChI=1S/C29H38ClN5O5/c30-23-5-3-12-31-27(23)40-21-9-15-34(29(18-21)10-11-29)25(37)19-35-24-6-2-1-4-22(24)26(32-35)28(38)33-13-7-20(8-14-33)39-17-16-36/h3,5,12,20-21,36H,1-2,4,6-11,13-19H2. The van der Waals surface area contributed by atoms with Crippen molar-refractivity contribution in [2.24, 2.45) is 0 Å². The number of aromatic nitrogens is 3. The zero-order valence-corrected chi connectivity index (χ0v) is 23.7. The second-order valence-corrected chi connectivity index (χ2v) is 11.9. The van der Waals surface area contributed by atoms with Crippen molar-refractivity contribution in [1.29, 1.82) is 0 Å². The number of piperidine rings is 2. The molecule has 2 aromatic heterocycles. The van der Waals surface area contributed by atoms with Crippen LogP contribution in [0.1, 0.15) is 73.1 Å². The predicted octanol–water partition coefficient (Wildman–Crippen LogP) is 3.03. The highest BCUT2D eigenvalue weighted by Crippen LogP contribution is 2.49. The van der Waals surface area contributed by atoms with E-state index in [-0.39, 0.29) is 42.7 Å². The number of carbonyl (C=O) groups is 2. The van der Waals surface area contributed by atoms with Crippen LogP contribution in [0, 0.1) is 0 Å². The van der Waals surface area contributed by atoms with E-state index >= 15 is 0 Å². The summed E-state index contributed by atoms with van der Waals surface area (Å²) in [7, 11) is 0. The number of fused-ring (bicyclic) bond motifs is 1. The van der Waals surface area contributed by atoms with Crippen molar-refractivity contribution in [3.8, 4) is 5.88 Å². The average molecular weight is 572 g/mol. The first-order valence-corrected chi connectivity index (χ1v) is 15.0. The van der Waals surface area contributed by atoms with Crippen LogP contribution >= 0.6 is 11.6 Å². The smallest absolute Gasteiger partial charge is 0.274 e. The van der Waals surface area contributed by atoms with Gasteiger partial charge in [0.2, 0.25) is 11.8 Å². The van der Waals surface area contributed by atoms with Gasteiger partial charge >= 0.3 is 0 Å². The molecule has 2 aromatic rings. The molecule has 3 fully saturated rings. The van der Waals surface area contributed by atoms with E-state index in [1.54, 1.807) is 18.3 Å². The zero-order chi connectivity index (χ0) is 27.7. The number of rotatable bonds is 8. The molecule has 0 aromatic carbocycles. The highest BCUT2D eigenvalue weighted by atomic mass is 35.5. The van der Waals surface area contributed by atoms with Crippen molar-refractivity contribution in [3.05, 3.63) is 40.3 Å². The van der Waals surface area contributed by atoms with Crippen LogP contribution in [0.5, 0.6) is 5.88 Å². The normalized spacial score (nSPS) is 22.3. The Morgan fingerprint density at radius 1 is 1.10 bits per heavy atom. The Hall–Kier alpha value is -2.69. The Morgan fingerprint density at radius 3 is 2.62 bits per heavy atom. The first-order valence-electron chi connectivity index (χ1n) is 14.7. The number of aliphatic hydroxyl groups excluding tert-OH is 1. The molecule has 1 N–H and O–H groups in total. The van der Waals surface area contributed by atoms with Crippen LogP contribution in [0.2, 0.25) is 5.02 Å². The van der Waals surface area contributed by atoms with E-state index in [4.69, 9.17) is 31.3 Å². The lowest BCUT2D eigenvalue weighted by Gasteiger charge is -2.40. The third-order valence-corrected chi connectivity index (χ3v) is 9.19. The number of halogens is 1. The van der Waals surface area contributed by atoms with Crippen molar-refractivity contribution in [2.75, 3.05) is 32.8 Å². The lowest BCUT2D eigenvalue weighted by molar-refractivity contribution is -0.138. The summed E-state index contributed by atoms with van der Waals surface area (Å²) in [5.41, 5.74) is 2.40. The van der Waals surface area contributed by atoms with Crippen LogP contribution in [-0.2, 0) is 28.9 Å². The molecule has 2 amide bonds. The van der Waals surface area contributed by atoms with E-state index in [9.17, 15) is 9.59 Å². The SMILES string of the molecule is O=C(c1nn(CC(=O)N2CCC(Oc3ncccc3Cl)CC23CC3)c2c1CCCC2)N1CCC(OCCO)CC1. The fourth-order valence-electron chi connectivity index (χ4n) is 6.65. The minimum absolute atomic E-state index is 0.00832. The van der Waals surface area contributed by atoms with E-state index in [0.29, 0.717) is 42.8 Å². The molecule has 2 aliphatic heterocycles. The highest BCUT2D eigenvalue weighted by molar-refractivity contribution is 6.31. The fourth-order valence-corrected chi connectivity index (χ4v) is 6.82. The van der Waals surface area contributed by atoms with Crippen LogP contribution in [0.4, 0.5) is 0 Å². The highest BCUT2D eigenvalue weighted by Gasteiger charge is 2.54. The molecule has 1 spiro atoms. The van der Waals surface area contributed by atoms with E-state index in [1.165, 1.54) is 0 Å². The molecule has 40 heavy (non-hydrogen) atoms. The van der Waals surface area contributed by atoms with Crippen LogP contribution in [-0.4, -0.2) is 92.1 Å². The van der Waals surface area contributed by atoms with Crippen molar-refractivity contribution in [3.63, 3.8) is 0 Å². The van der Waals surface area contributed by atoms with Gasteiger partial charge in [-0.2, -0.15) is 5.10 Å². The number of nitrogens with zero attached hydrogens (tertiary/aromatic N) is 5. The lowest BCUT2D eigenvalue weighted by atomic mass is 9.95. The van der Waals surface area contributed by atoms with Gasteiger partial charge in [0, 0.05) is 55.5 Å². The van der Waals surface area contributed by atoms with E-state index < -0.39 is 0 Å². The zero-order valence-electron chi connectivity index (χ0n) is 22.9. The van der Waals surface area contributed by atoms with Gasteiger partial charge in [-0.25, -0.2) is 4.98 Å². The molecule has 6 rings (SSSR count). The molecule has 0 bridgehead atoms. The molecule has 216 valence electrons.